The second kappa shape index (κ2) is 7.83. The van der Waals surface area contributed by atoms with Gasteiger partial charge in [0, 0.05) is 19.6 Å². The van der Waals surface area contributed by atoms with E-state index in [9.17, 15) is 15.0 Å². The van der Waals surface area contributed by atoms with Crippen molar-refractivity contribution in [1.29, 1.82) is 0 Å². The first-order valence-electron chi connectivity index (χ1n) is 9.52. The summed E-state index contributed by atoms with van der Waals surface area (Å²) in [5.74, 6) is -0.931. The van der Waals surface area contributed by atoms with Crippen molar-refractivity contribution in [2.75, 3.05) is 13.1 Å². The SMILES string of the molecule is Cc1cccc(C(O)CN(Cc2ccccc2)CC2C(C(=O)O)C2(C)C)c1. The Morgan fingerprint density at radius 3 is 2.44 bits per heavy atom. The minimum atomic E-state index is -0.719. The van der Waals surface area contributed by atoms with E-state index in [4.69, 9.17) is 0 Å². The Morgan fingerprint density at radius 2 is 1.85 bits per heavy atom. The van der Waals surface area contributed by atoms with Gasteiger partial charge in [-0.3, -0.25) is 9.69 Å². The zero-order valence-corrected chi connectivity index (χ0v) is 16.3. The highest BCUT2D eigenvalue weighted by Crippen LogP contribution is 2.58. The van der Waals surface area contributed by atoms with Crippen LogP contribution in [0.5, 0.6) is 0 Å². The van der Waals surface area contributed by atoms with E-state index in [1.807, 2.05) is 63.2 Å². The zero-order chi connectivity index (χ0) is 19.6. The molecule has 3 unspecified atom stereocenters. The standard InChI is InChI=1S/C23H29NO3/c1-16-8-7-11-18(12-16)20(25)15-24(13-17-9-5-4-6-10-17)14-19-21(22(26)27)23(19,2)3/h4-12,19-21,25H,13-15H2,1-3H3,(H,26,27). The third-order valence-corrected chi connectivity index (χ3v) is 5.88. The van der Waals surface area contributed by atoms with Gasteiger partial charge >= 0.3 is 5.97 Å². The van der Waals surface area contributed by atoms with Crippen molar-refractivity contribution in [1.82, 2.24) is 4.90 Å². The van der Waals surface area contributed by atoms with Crippen LogP contribution in [0.4, 0.5) is 0 Å². The number of aliphatic hydroxyl groups excluding tert-OH is 1. The fourth-order valence-corrected chi connectivity index (χ4v) is 4.13. The van der Waals surface area contributed by atoms with Crippen LogP contribution in [0.25, 0.3) is 0 Å². The maximum absolute atomic E-state index is 11.5. The summed E-state index contributed by atoms with van der Waals surface area (Å²) in [4.78, 5) is 13.7. The summed E-state index contributed by atoms with van der Waals surface area (Å²) in [5, 5.41) is 20.3. The summed E-state index contributed by atoms with van der Waals surface area (Å²) in [6.07, 6.45) is -0.598. The normalized spacial score (nSPS) is 21.8. The maximum atomic E-state index is 11.5. The first-order valence-corrected chi connectivity index (χ1v) is 9.52. The number of benzene rings is 2. The molecule has 1 fully saturated rings. The van der Waals surface area contributed by atoms with Crippen molar-refractivity contribution >= 4 is 5.97 Å². The molecule has 1 aliphatic rings. The van der Waals surface area contributed by atoms with Gasteiger partial charge in [0.25, 0.3) is 0 Å². The number of carboxylic acids is 1. The van der Waals surface area contributed by atoms with E-state index < -0.39 is 12.1 Å². The molecule has 0 heterocycles. The third kappa shape index (κ3) is 4.57. The van der Waals surface area contributed by atoms with E-state index in [0.29, 0.717) is 19.6 Å². The zero-order valence-electron chi connectivity index (χ0n) is 16.3. The van der Waals surface area contributed by atoms with Crippen LogP contribution < -0.4 is 0 Å². The van der Waals surface area contributed by atoms with E-state index >= 15 is 0 Å². The molecule has 1 saturated carbocycles. The summed E-state index contributed by atoms with van der Waals surface area (Å²) in [7, 11) is 0. The molecule has 27 heavy (non-hydrogen) atoms. The first kappa shape index (κ1) is 19.6. The van der Waals surface area contributed by atoms with E-state index in [2.05, 4.69) is 17.0 Å². The summed E-state index contributed by atoms with van der Waals surface area (Å²) >= 11 is 0. The summed E-state index contributed by atoms with van der Waals surface area (Å²) in [6.45, 7) is 7.91. The molecular formula is C23H29NO3. The lowest BCUT2D eigenvalue weighted by Crippen LogP contribution is -2.31. The molecule has 0 aliphatic heterocycles. The highest BCUT2D eigenvalue weighted by molar-refractivity contribution is 5.75. The molecule has 0 saturated heterocycles. The number of aliphatic carboxylic acids is 1. The molecule has 0 spiro atoms. The van der Waals surface area contributed by atoms with Crippen molar-refractivity contribution < 1.29 is 15.0 Å². The van der Waals surface area contributed by atoms with Crippen molar-refractivity contribution in [3.63, 3.8) is 0 Å². The molecule has 0 radical (unpaired) electrons. The first-order chi connectivity index (χ1) is 12.8. The predicted octanol–water partition coefficient (Wildman–Crippen LogP) is 3.89. The summed E-state index contributed by atoms with van der Waals surface area (Å²) in [5.41, 5.74) is 2.99. The number of hydrogen-bond donors (Lipinski definition) is 2. The maximum Gasteiger partial charge on any atom is 0.307 e. The lowest BCUT2D eigenvalue weighted by molar-refractivity contribution is -0.139. The number of nitrogens with zero attached hydrogens (tertiary/aromatic N) is 1. The van der Waals surface area contributed by atoms with Crippen LogP contribution in [0.3, 0.4) is 0 Å². The van der Waals surface area contributed by atoms with Crippen molar-refractivity contribution in [3.05, 3.63) is 71.3 Å². The Balaban J connectivity index is 1.74. The highest BCUT2D eigenvalue weighted by atomic mass is 16.4. The fraction of sp³-hybridized carbons (Fsp3) is 0.435. The second-order valence-electron chi connectivity index (χ2n) is 8.35. The minimum Gasteiger partial charge on any atom is -0.481 e. The number of aliphatic hydroxyl groups is 1. The van der Waals surface area contributed by atoms with E-state index in [0.717, 1.165) is 11.1 Å². The molecule has 2 aromatic rings. The molecule has 1 aliphatic carbocycles. The lowest BCUT2D eigenvalue weighted by atomic mass is 10.0. The van der Waals surface area contributed by atoms with Crippen LogP contribution in [-0.4, -0.2) is 34.2 Å². The monoisotopic (exact) mass is 367 g/mol. The third-order valence-electron chi connectivity index (χ3n) is 5.88. The molecule has 2 N–H and O–H groups in total. The molecular weight excluding hydrogens is 338 g/mol. The quantitative estimate of drug-likeness (QED) is 0.743. The molecule has 4 nitrogen and oxygen atoms in total. The van der Waals surface area contributed by atoms with Crippen LogP contribution in [0.1, 0.15) is 36.6 Å². The number of carbonyl (C=O) groups is 1. The predicted molar refractivity (Wildman–Crippen MR) is 106 cm³/mol. The number of carboxylic acid groups (broad SMARTS) is 1. The van der Waals surface area contributed by atoms with Gasteiger partial charge in [-0.2, -0.15) is 0 Å². The molecule has 3 rings (SSSR count). The number of hydrogen-bond acceptors (Lipinski definition) is 3. The molecule has 4 heteroatoms. The smallest absolute Gasteiger partial charge is 0.307 e. The van der Waals surface area contributed by atoms with Gasteiger partial charge in [0.05, 0.1) is 12.0 Å². The average Bonchev–Trinajstić information content (AvgIpc) is 3.16. The van der Waals surface area contributed by atoms with Crippen LogP contribution >= 0.6 is 0 Å². The van der Waals surface area contributed by atoms with Gasteiger partial charge in [-0.1, -0.05) is 74.0 Å². The fourth-order valence-electron chi connectivity index (χ4n) is 4.13. The molecule has 3 atom stereocenters. The van der Waals surface area contributed by atoms with Crippen LogP contribution in [0, 0.1) is 24.2 Å². The Hall–Kier alpha value is -2.17. The van der Waals surface area contributed by atoms with Crippen molar-refractivity contribution in [3.8, 4) is 0 Å². The summed E-state index contributed by atoms with van der Waals surface area (Å²) in [6, 6.07) is 18.1. The van der Waals surface area contributed by atoms with E-state index in [1.165, 1.54) is 5.56 Å². The number of rotatable bonds is 8. The van der Waals surface area contributed by atoms with Gasteiger partial charge in [-0.05, 0) is 29.4 Å². The van der Waals surface area contributed by atoms with Gasteiger partial charge in [0.1, 0.15) is 0 Å². The molecule has 2 aromatic carbocycles. The van der Waals surface area contributed by atoms with Crippen LogP contribution in [0.2, 0.25) is 0 Å². The van der Waals surface area contributed by atoms with Gasteiger partial charge < -0.3 is 10.2 Å². The Labute approximate surface area is 161 Å². The minimum absolute atomic E-state index is 0.100. The van der Waals surface area contributed by atoms with Crippen molar-refractivity contribution in [2.24, 2.45) is 17.3 Å². The lowest BCUT2D eigenvalue weighted by Gasteiger charge is -2.26. The van der Waals surface area contributed by atoms with E-state index in [1.54, 1.807) is 0 Å². The number of aryl methyl sites for hydroxylation is 1. The van der Waals surface area contributed by atoms with Gasteiger partial charge in [0.15, 0.2) is 0 Å². The Bertz CT molecular complexity index is 787. The van der Waals surface area contributed by atoms with Crippen LogP contribution in [0.15, 0.2) is 54.6 Å². The average molecular weight is 367 g/mol. The van der Waals surface area contributed by atoms with Gasteiger partial charge in [-0.15, -0.1) is 0 Å². The Morgan fingerprint density at radius 1 is 1.15 bits per heavy atom. The largest absolute Gasteiger partial charge is 0.481 e. The topological polar surface area (TPSA) is 60.8 Å². The molecule has 144 valence electrons. The van der Waals surface area contributed by atoms with Gasteiger partial charge in [0.2, 0.25) is 0 Å². The highest BCUT2D eigenvalue weighted by Gasteiger charge is 2.62. The molecule has 0 bridgehead atoms. The summed E-state index contributed by atoms with van der Waals surface area (Å²) < 4.78 is 0. The molecule has 0 amide bonds. The van der Waals surface area contributed by atoms with E-state index in [-0.39, 0.29) is 17.3 Å². The molecule has 0 aromatic heterocycles. The van der Waals surface area contributed by atoms with Crippen LogP contribution in [-0.2, 0) is 11.3 Å². The van der Waals surface area contributed by atoms with Crippen molar-refractivity contribution in [2.45, 2.75) is 33.4 Å². The second-order valence-corrected chi connectivity index (χ2v) is 8.35. The van der Waals surface area contributed by atoms with Gasteiger partial charge in [-0.25, -0.2) is 0 Å². The Kier molecular flexibility index (Phi) is 5.68.